The van der Waals surface area contributed by atoms with Crippen molar-refractivity contribution in [2.45, 2.75) is 32.0 Å². The van der Waals surface area contributed by atoms with Crippen molar-refractivity contribution in [2.75, 3.05) is 12.3 Å². The Kier molecular flexibility index (Phi) is 5.76. The lowest BCUT2D eigenvalue weighted by Crippen LogP contribution is -2.25. The largest absolute Gasteiger partial charge is 0.302 e. The van der Waals surface area contributed by atoms with E-state index in [1.165, 1.54) is 17.3 Å². The summed E-state index contributed by atoms with van der Waals surface area (Å²) in [5.41, 5.74) is 4.25. The van der Waals surface area contributed by atoms with Gasteiger partial charge in [-0.2, -0.15) is 5.10 Å². The highest BCUT2D eigenvalue weighted by atomic mass is 32.2. The molecule has 0 saturated heterocycles. The molecule has 4 rings (SSSR count). The van der Waals surface area contributed by atoms with Crippen molar-refractivity contribution in [3.63, 3.8) is 0 Å². The fourth-order valence-corrected chi connectivity index (χ4v) is 4.22. The van der Waals surface area contributed by atoms with Gasteiger partial charge < -0.3 is 4.57 Å². The third-order valence-corrected chi connectivity index (χ3v) is 5.78. The number of aromatic nitrogens is 3. The standard InChI is InChI=1S/C22H23N5OS/c1-3-26-21(18-11-7-8-16(2)14-18)23-24-22(26)29-15-20(28)27-13-12-19(25-27)17-9-5-4-6-10-17/h4-11,14H,3,12-13,15H2,1-2H3. The molecule has 1 aliphatic rings. The minimum absolute atomic E-state index is 0.0105. The number of carbonyl (C=O) groups excluding carboxylic acids is 1. The van der Waals surface area contributed by atoms with E-state index in [0.717, 1.165) is 40.8 Å². The Morgan fingerprint density at radius 1 is 1.07 bits per heavy atom. The summed E-state index contributed by atoms with van der Waals surface area (Å²) in [5, 5.41) is 15.5. The molecule has 0 spiro atoms. The highest BCUT2D eigenvalue weighted by Crippen LogP contribution is 2.25. The minimum Gasteiger partial charge on any atom is -0.302 e. The lowest BCUT2D eigenvalue weighted by Gasteiger charge is -2.11. The van der Waals surface area contributed by atoms with E-state index < -0.39 is 0 Å². The van der Waals surface area contributed by atoms with Crippen LogP contribution in [0.1, 0.15) is 24.5 Å². The van der Waals surface area contributed by atoms with Gasteiger partial charge in [0.1, 0.15) is 0 Å². The number of rotatable bonds is 6. The van der Waals surface area contributed by atoms with Gasteiger partial charge in [-0.25, -0.2) is 5.01 Å². The quantitative estimate of drug-likeness (QED) is 0.582. The molecule has 7 heteroatoms. The molecule has 0 N–H and O–H groups in total. The van der Waals surface area contributed by atoms with E-state index in [1.54, 1.807) is 5.01 Å². The second-order valence-electron chi connectivity index (χ2n) is 6.89. The van der Waals surface area contributed by atoms with Gasteiger partial charge in [-0.1, -0.05) is 65.9 Å². The van der Waals surface area contributed by atoms with Crippen LogP contribution in [0.25, 0.3) is 11.4 Å². The van der Waals surface area contributed by atoms with Crippen molar-refractivity contribution in [3.05, 3.63) is 65.7 Å². The molecule has 6 nitrogen and oxygen atoms in total. The zero-order valence-electron chi connectivity index (χ0n) is 16.6. The Balaban J connectivity index is 1.44. The lowest BCUT2D eigenvalue weighted by atomic mass is 10.1. The van der Waals surface area contributed by atoms with Crippen LogP contribution in [-0.4, -0.2) is 43.7 Å². The summed E-state index contributed by atoms with van der Waals surface area (Å²) >= 11 is 1.41. The first-order chi connectivity index (χ1) is 14.2. The van der Waals surface area contributed by atoms with E-state index in [1.807, 2.05) is 42.5 Å². The van der Waals surface area contributed by atoms with E-state index in [0.29, 0.717) is 6.54 Å². The first-order valence-corrected chi connectivity index (χ1v) is 10.7. The molecule has 0 fully saturated rings. The van der Waals surface area contributed by atoms with Crippen LogP contribution in [0.15, 0.2) is 64.9 Å². The SMILES string of the molecule is CCn1c(SCC(=O)N2CCC(c3ccccc3)=N2)nnc1-c1cccc(C)c1. The molecule has 0 unspecified atom stereocenters. The highest BCUT2D eigenvalue weighted by Gasteiger charge is 2.22. The van der Waals surface area contributed by atoms with E-state index in [9.17, 15) is 4.79 Å². The molecule has 2 aromatic carbocycles. The van der Waals surface area contributed by atoms with Gasteiger partial charge in [0, 0.05) is 18.5 Å². The maximum atomic E-state index is 12.7. The number of benzene rings is 2. The summed E-state index contributed by atoms with van der Waals surface area (Å²) in [6.07, 6.45) is 0.781. The Hall–Kier alpha value is -2.93. The number of hydrazone groups is 1. The van der Waals surface area contributed by atoms with Crippen LogP contribution in [-0.2, 0) is 11.3 Å². The summed E-state index contributed by atoms with van der Waals surface area (Å²) in [4.78, 5) is 12.7. The maximum Gasteiger partial charge on any atom is 0.253 e. The molecule has 0 saturated carbocycles. The lowest BCUT2D eigenvalue weighted by molar-refractivity contribution is -0.127. The zero-order valence-corrected chi connectivity index (χ0v) is 17.4. The Morgan fingerprint density at radius 3 is 2.62 bits per heavy atom. The van der Waals surface area contributed by atoms with Crippen LogP contribution in [0.3, 0.4) is 0 Å². The number of amides is 1. The first kappa shape index (κ1) is 19.4. The Bertz CT molecular complexity index is 1040. The number of thioether (sulfide) groups is 1. The highest BCUT2D eigenvalue weighted by molar-refractivity contribution is 7.99. The molecule has 2 heterocycles. The predicted molar refractivity (Wildman–Crippen MR) is 116 cm³/mol. The molecule has 29 heavy (non-hydrogen) atoms. The summed E-state index contributed by atoms with van der Waals surface area (Å²) < 4.78 is 2.05. The maximum absolute atomic E-state index is 12.7. The van der Waals surface area contributed by atoms with Gasteiger partial charge in [-0.15, -0.1) is 10.2 Å². The predicted octanol–water partition coefficient (Wildman–Crippen LogP) is 4.00. The Morgan fingerprint density at radius 2 is 1.86 bits per heavy atom. The zero-order chi connectivity index (χ0) is 20.2. The van der Waals surface area contributed by atoms with Crippen molar-refractivity contribution in [1.82, 2.24) is 19.8 Å². The van der Waals surface area contributed by atoms with Gasteiger partial charge >= 0.3 is 0 Å². The van der Waals surface area contributed by atoms with Crippen LogP contribution in [0.4, 0.5) is 0 Å². The fraction of sp³-hybridized carbons (Fsp3) is 0.273. The second-order valence-corrected chi connectivity index (χ2v) is 7.83. The van der Waals surface area contributed by atoms with E-state index in [-0.39, 0.29) is 11.7 Å². The molecule has 0 atom stereocenters. The van der Waals surface area contributed by atoms with Crippen LogP contribution < -0.4 is 0 Å². The van der Waals surface area contributed by atoms with Crippen molar-refractivity contribution in [2.24, 2.45) is 5.10 Å². The minimum atomic E-state index is -0.0105. The number of hydrogen-bond donors (Lipinski definition) is 0. The summed E-state index contributed by atoms with van der Waals surface area (Å²) in [5.74, 6) is 1.11. The molecule has 3 aromatic rings. The monoisotopic (exact) mass is 405 g/mol. The van der Waals surface area contributed by atoms with Crippen LogP contribution >= 0.6 is 11.8 Å². The average molecular weight is 406 g/mol. The van der Waals surface area contributed by atoms with Crippen molar-refractivity contribution in [3.8, 4) is 11.4 Å². The molecule has 1 aromatic heterocycles. The Labute approximate surface area is 174 Å². The molecule has 1 aliphatic heterocycles. The van der Waals surface area contributed by atoms with Crippen LogP contribution in [0.5, 0.6) is 0 Å². The number of carbonyl (C=O) groups is 1. The van der Waals surface area contributed by atoms with Gasteiger partial charge in [0.15, 0.2) is 11.0 Å². The van der Waals surface area contributed by atoms with E-state index in [2.05, 4.69) is 45.8 Å². The van der Waals surface area contributed by atoms with Gasteiger partial charge in [-0.3, -0.25) is 4.79 Å². The molecule has 0 aliphatic carbocycles. The van der Waals surface area contributed by atoms with Gasteiger partial charge in [-0.05, 0) is 25.5 Å². The second kappa shape index (κ2) is 8.61. The average Bonchev–Trinajstić information content (AvgIpc) is 3.40. The normalized spacial score (nSPS) is 13.6. The fourth-order valence-electron chi connectivity index (χ4n) is 3.35. The van der Waals surface area contributed by atoms with Gasteiger partial charge in [0.05, 0.1) is 18.0 Å². The van der Waals surface area contributed by atoms with Gasteiger partial charge in [0.25, 0.3) is 5.91 Å². The molecule has 1 amide bonds. The summed E-state index contributed by atoms with van der Waals surface area (Å²) in [6.45, 7) is 5.49. The third-order valence-electron chi connectivity index (χ3n) is 4.83. The molecular weight excluding hydrogens is 382 g/mol. The topological polar surface area (TPSA) is 63.4 Å². The molecular formula is C22H23N5OS. The number of hydrogen-bond acceptors (Lipinski definition) is 5. The van der Waals surface area contributed by atoms with Crippen LogP contribution in [0, 0.1) is 6.92 Å². The smallest absolute Gasteiger partial charge is 0.253 e. The summed E-state index contributed by atoms with van der Waals surface area (Å²) in [7, 11) is 0. The molecule has 0 radical (unpaired) electrons. The van der Waals surface area contributed by atoms with E-state index >= 15 is 0 Å². The first-order valence-electron chi connectivity index (χ1n) is 9.72. The van der Waals surface area contributed by atoms with Crippen molar-refractivity contribution < 1.29 is 4.79 Å². The van der Waals surface area contributed by atoms with Gasteiger partial charge in [0.2, 0.25) is 0 Å². The van der Waals surface area contributed by atoms with Crippen molar-refractivity contribution >= 4 is 23.4 Å². The third kappa shape index (κ3) is 4.24. The van der Waals surface area contributed by atoms with Crippen LogP contribution in [0.2, 0.25) is 0 Å². The van der Waals surface area contributed by atoms with E-state index in [4.69, 9.17) is 0 Å². The molecule has 148 valence electrons. The number of nitrogens with zero attached hydrogens (tertiary/aromatic N) is 5. The van der Waals surface area contributed by atoms with Crippen molar-refractivity contribution in [1.29, 1.82) is 0 Å². The number of aryl methyl sites for hydroxylation is 1. The molecule has 0 bridgehead atoms. The summed E-state index contributed by atoms with van der Waals surface area (Å²) in [6, 6.07) is 18.2.